The van der Waals surface area contributed by atoms with Crippen molar-refractivity contribution >= 4 is 0 Å². The molecule has 0 amide bonds. The van der Waals surface area contributed by atoms with Crippen LogP contribution in [0.5, 0.6) is 5.75 Å². The number of fused-ring (bicyclic) bond motifs is 1. The van der Waals surface area contributed by atoms with E-state index >= 15 is 0 Å². The number of aromatic nitrogens is 2. The van der Waals surface area contributed by atoms with Crippen molar-refractivity contribution in [1.82, 2.24) is 9.78 Å². The maximum atomic E-state index is 12.5. The van der Waals surface area contributed by atoms with Gasteiger partial charge < -0.3 is 4.74 Å². The highest BCUT2D eigenvalue weighted by Crippen LogP contribution is 2.31. The molecule has 0 spiro atoms. The summed E-state index contributed by atoms with van der Waals surface area (Å²) >= 11 is 0. The smallest absolute Gasteiger partial charge is 0.435 e. The van der Waals surface area contributed by atoms with Gasteiger partial charge in [-0.05, 0) is 24.6 Å². The first kappa shape index (κ1) is 13.0. The van der Waals surface area contributed by atoms with Gasteiger partial charge in [0.05, 0.1) is 6.54 Å². The first-order valence-corrected chi connectivity index (χ1v) is 6.28. The summed E-state index contributed by atoms with van der Waals surface area (Å²) < 4.78 is 44.4. The van der Waals surface area contributed by atoms with E-state index in [1.165, 1.54) is 10.9 Å². The van der Waals surface area contributed by atoms with E-state index in [-0.39, 0.29) is 6.10 Å². The summed E-state index contributed by atoms with van der Waals surface area (Å²) in [6.07, 6.45) is -2.55. The maximum Gasteiger partial charge on any atom is 0.435 e. The largest absolute Gasteiger partial charge is 0.488 e. The summed E-state index contributed by atoms with van der Waals surface area (Å²) in [5, 5.41) is 3.54. The number of halogens is 3. The van der Waals surface area contributed by atoms with Gasteiger partial charge in [0.15, 0.2) is 5.69 Å². The van der Waals surface area contributed by atoms with Crippen LogP contribution in [-0.4, -0.2) is 15.9 Å². The zero-order valence-electron chi connectivity index (χ0n) is 10.8. The normalized spacial score (nSPS) is 17.9. The van der Waals surface area contributed by atoms with Gasteiger partial charge in [-0.25, -0.2) is 0 Å². The van der Waals surface area contributed by atoms with Crippen LogP contribution in [0, 0.1) is 6.92 Å². The first-order valence-electron chi connectivity index (χ1n) is 6.28. The Hall–Kier alpha value is -1.98. The lowest BCUT2D eigenvalue weighted by molar-refractivity contribution is -0.141. The van der Waals surface area contributed by atoms with Crippen LogP contribution in [0.1, 0.15) is 16.8 Å². The highest BCUT2D eigenvalue weighted by Gasteiger charge is 2.34. The van der Waals surface area contributed by atoms with Gasteiger partial charge in [0.25, 0.3) is 0 Å². The number of alkyl halides is 3. The Labute approximate surface area is 114 Å². The predicted molar refractivity (Wildman–Crippen MR) is 66.5 cm³/mol. The third kappa shape index (κ3) is 2.50. The van der Waals surface area contributed by atoms with E-state index in [0.717, 1.165) is 22.9 Å². The summed E-state index contributed by atoms with van der Waals surface area (Å²) in [6.45, 7) is 2.31. The Kier molecular flexibility index (Phi) is 2.96. The van der Waals surface area contributed by atoms with Crippen LogP contribution in [0.25, 0.3) is 0 Å². The van der Waals surface area contributed by atoms with E-state index in [0.29, 0.717) is 13.0 Å². The van der Waals surface area contributed by atoms with E-state index in [2.05, 4.69) is 5.10 Å². The van der Waals surface area contributed by atoms with Crippen molar-refractivity contribution in [3.05, 3.63) is 47.3 Å². The van der Waals surface area contributed by atoms with Crippen LogP contribution in [0.2, 0.25) is 0 Å². The van der Waals surface area contributed by atoms with Crippen LogP contribution in [0.3, 0.4) is 0 Å². The highest BCUT2D eigenvalue weighted by atomic mass is 19.4. The molecule has 0 fully saturated rings. The molecule has 1 aromatic heterocycles. The fourth-order valence-electron chi connectivity index (χ4n) is 2.37. The fraction of sp³-hybridized carbons (Fsp3) is 0.357. The molecular weight excluding hydrogens is 269 g/mol. The van der Waals surface area contributed by atoms with Crippen LogP contribution in [0.15, 0.2) is 30.5 Å². The molecular formula is C14H13F3N2O. The Balaban J connectivity index is 1.70. The molecule has 3 nitrogen and oxygen atoms in total. The van der Waals surface area contributed by atoms with Crippen molar-refractivity contribution in [3.8, 4) is 5.75 Å². The van der Waals surface area contributed by atoms with Gasteiger partial charge in [-0.1, -0.05) is 17.7 Å². The number of nitrogens with zero attached hydrogens (tertiary/aromatic N) is 2. The Morgan fingerprint density at radius 1 is 1.35 bits per heavy atom. The molecule has 3 rings (SSSR count). The second-order valence-corrected chi connectivity index (χ2v) is 4.98. The molecule has 0 N–H and O–H groups in total. The molecule has 1 aliphatic heterocycles. The van der Waals surface area contributed by atoms with E-state index in [9.17, 15) is 13.2 Å². The number of hydrogen-bond acceptors (Lipinski definition) is 2. The second kappa shape index (κ2) is 4.54. The van der Waals surface area contributed by atoms with Gasteiger partial charge in [-0.15, -0.1) is 0 Å². The van der Waals surface area contributed by atoms with E-state index in [4.69, 9.17) is 4.74 Å². The summed E-state index contributed by atoms with van der Waals surface area (Å²) in [6, 6.07) is 6.87. The number of hydrogen-bond donors (Lipinski definition) is 0. The van der Waals surface area contributed by atoms with E-state index < -0.39 is 11.9 Å². The number of rotatable bonds is 2. The fourth-order valence-corrected chi connectivity index (χ4v) is 2.37. The standard InChI is InChI=1S/C14H13F3N2O/c1-9-2-3-12-10(6-9)7-11(20-12)8-19-5-4-13(18-19)14(15,16)17/h2-6,11H,7-8H2,1H3. The molecule has 0 saturated carbocycles. The Bertz CT molecular complexity index is 634. The van der Waals surface area contributed by atoms with Crippen LogP contribution >= 0.6 is 0 Å². The third-order valence-corrected chi connectivity index (χ3v) is 3.28. The Morgan fingerprint density at radius 2 is 2.15 bits per heavy atom. The van der Waals surface area contributed by atoms with Crippen LogP contribution < -0.4 is 4.74 Å². The molecule has 1 unspecified atom stereocenters. The highest BCUT2D eigenvalue weighted by molar-refractivity contribution is 5.40. The Morgan fingerprint density at radius 3 is 2.85 bits per heavy atom. The molecule has 1 aliphatic rings. The zero-order chi connectivity index (χ0) is 14.3. The quantitative estimate of drug-likeness (QED) is 0.845. The van der Waals surface area contributed by atoms with Gasteiger partial charge >= 0.3 is 6.18 Å². The monoisotopic (exact) mass is 282 g/mol. The molecule has 0 aliphatic carbocycles. The molecule has 1 atom stereocenters. The summed E-state index contributed by atoms with van der Waals surface area (Å²) in [4.78, 5) is 0. The zero-order valence-corrected chi connectivity index (χ0v) is 10.8. The second-order valence-electron chi connectivity index (χ2n) is 4.98. The predicted octanol–water partition coefficient (Wildman–Crippen LogP) is 3.21. The van der Waals surface area contributed by atoms with E-state index in [1.54, 1.807) is 0 Å². The number of aryl methyl sites for hydroxylation is 1. The maximum absolute atomic E-state index is 12.5. The van der Waals surface area contributed by atoms with Crippen molar-refractivity contribution in [3.63, 3.8) is 0 Å². The summed E-state index contributed by atoms with van der Waals surface area (Å²) in [5.41, 5.74) is 1.37. The molecule has 2 heterocycles. The number of benzene rings is 1. The van der Waals surface area contributed by atoms with Crippen molar-refractivity contribution in [1.29, 1.82) is 0 Å². The summed E-state index contributed by atoms with van der Waals surface area (Å²) in [5.74, 6) is 0.809. The minimum absolute atomic E-state index is 0.173. The molecule has 0 saturated heterocycles. The third-order valence-electron chi connectivity index (χ3n) is 3.28. The lowest BCUT2D eigenvalue weighted by atomic mass is 10.1. The SMILES string of the molecule is Cc1ccc2c(c1)CC(Cn1ccc(C(F)(F)F)n1)O2. The van der Waals surface area contributed by atoms with Crippen molar-refractivity contribution in [2.45, 2.75) is 32.2 Å². The lowest BCUT2D eigenvalue weighted by Crippen LogP contribution is -2.21. The van der Waals surface area contributed by atoms with Gasteiger partial charge in [0, 0.05) is 12.6 Å². The topological polar surface area (TPSA) is 27.1 Å². The summed E-state index contributed by atoms with van der Waals surface area (Å²) in [7, 11) is 0. The molecule has 6 heteroatoms. The van der Waals surface area contributed by atoms with Gasteiger partial charge in [-0.3, -0.25) is 4.68 Å². The minimum atomic E-state index is -4.40. The average Bonchev–Trinajstić information content (AvgIpc) is 2.94. The van der Waals surface area contributed by atoms with Crippen molar-refractivity contribution < 1.29 is 17.9 Å². The van der Waals surface area contributed by atoms with Crippen LogP contribution in [-0.2, 0) is 19.1 Å². The van der Waals surface area contributed by atoms with Gasteiger partial charge in [0.2, 0.25) is 0 Å². The van der Waals surface area contributed by atoms with Crippen molar-refractivity contribution in [2.24, 2.45) is 0 Å². The molecule has 20 heavy (non-hydrogen) atoms. The molecule has 2 aromatic rings. The average molecular weight is 282 g/mol. The minimum Gasteiger partial charge on any atom is -0.488 e. The molecule has 0 bridgehead atoms. The van der Waals surface area contributed by atoms with Crippen LogP contribution in [0.4, 0.5) is 13.2 Å². The first-order chi connectivity index (χ1) is 9.41. The molecule has 106 valence electrons. The van der Waals surface area contributed by atoms with E-state index in [1.807, 2.05) is 25.1 Å². The molecule has 1 aromatic carbocycles. The molecule has 0 radical (unpaired) electrons. The number of ether oxygens (including phenoxy) is 1. The van der Waals surface area contributed by atoms with Crippen molar-refractivity contribution in [2.75, 3.05) is 0 Å². The van der Waals surface area contributed by atoms with Gasteiger partial charge in [-0.2, -0.15) is 18.3 Å². The van der Waals surface area contributed by atoms with Gasteiger partial charge in [0.1, 0.15) is 11.9 Å². The lowest BCUT2D eigenvalue weighted by Gasteiger charge is -2.10.